The first-order valence-corrected chi connectivity index (χ1v) is 6.97. The molecule has 3 rings (SSSR count). The molecule has 0 amide bonds. The molecule has 0 saturated heterocycles. The number of benzene rings is 1. The minimum Gasteiger partial charge on any atom is -0.468 e. The van der Waals surface area contributed by atoms with Gasteiger partial charge in [-0.3, -0.25) is 9.59 Å². The number of fused-ring (bicyclic) bond motifs is 2. The standard InChI is InChI=1S/C16H18O4/c1-20-15(19)16-8-7-11(14(16)18)13(17)9-12(16)10-5-3-2-4-6-10/h2-6,11-13,17H,7-9H2,1H3/t11-,12+,13-,16-/m0/s1. The molecule has 1 N–H and O–H groups in total. The molecule has 2 aliphatic rings. The van der Waals surface area contributed by atoms with E-state index < -0.39 is 23.4 Å². The molecule has 0 unspecified atom stereocenters. The quantitative estimate of drug-likeness (QED) is 0.658. The maximum Gasteiger partial charge on any atom is 0.319 e. The maximum absolute atomic E-state index is 12.6. The van der Waals surface area contributed by atoms with Crippen LogP contribution in [0.25, 0.3) is 0 Å². The Morgan fingerprint density at radius 2 is 2.05 bits per heavy atom. The van der Waals surface area contributed by atoms with Crippen molar-refractivity contribution in [1.82, 2.24) is 0 Å². The summed E-state index contributed by atoms with van der Waals surface area (Å²) >= 11 is 0. The van der Waals surface area contributed by atoms with Gasteiger partial charge in [-0.2, -0.15) is 0 Å². The number of hydrogen-bond acceptors (Lipinski definition) is 4. The minimum absolute atomic E-state index is 0.142. The number of rotatable bonds is 2. The van der Waals surface area contributed by atoms with Crippen molar-refractivity contribution < 1.29 is 19.4 Å². The Labute approximate surface area is 117 Å². The third kappa shape index (κ3) is 1.64. The van der Waals surface area contributed by atoms with Crippen LogP contribution in [0.15, 0.2) is 30.3 Å². The lowest BCUT2D eigenvalue weighted by Gasteiger charge is -2.39. The van der Waals surface area contributed by atoms with Crippen molar-refractivity contribution in [1.29, 1.82) is 0 Å². The summed E-state index contributed by atoms with van der Waals surface area (Å²) in [6.45, 7) is 0. The fourth-order valence-electron chi connectivity index (χ4n) is 3.92. The van der Waals surface area contributed by atoms with Crippen LogP contribution in [0, 0.1) is 11.3 Å². The van der Waals surface area contributed by atoms with Crippen LogP contribution in [0.4, 0.5) is 0 Å². The highest BCUT2D eigenvalue weighted by molar-refractivity contribution is 6.08. The molecule has 4 atom stereocenters. The van der Waals surface area contributed by atoms with Crippen molar-refractivity contribution in [3.8, 4) is 0 Å². The molecule has 20 heavy (non-hydrogen) atoms. The average Bonchev–Trinajstić information content (AvgIpc) is 2.73. The van der Waals surface area contributed by atoms with Crippen molar-refractivity contribution >= 4 is 11.8 Å². The number of aliphatic hydroxyl groups is 1. The molecule has 0 spiro atoms. The predicted molar refractivity (Wildman–Crippen MR) is 72.0 cm³/mol. The van der Waals surface area contributed by atoms with Crippen molar-refractivity contribution in [2.45, 2.75) is 31.3 Å². The highest BCUT2D eigenvalue weighted by Crippen LogP contribution is 2.56. The SMILES string of the molecule is COC(=O)[C@]12CC[C@H](C1=O)[C@@H](O)C[C@@H]2c1ccccc1. The van der Waals surface area contributed by atoms with E-state index in [2.05, 4.69) is 0 Å². The molecule has 0 aromatic heterocycles. The van der Waals surface area contributed by atoms with Gasteiger partial charge >= 0.3 is 5.97 Å². The summed E-state index contributed by atoms with van der Waals surface area (Å²) in [5, 5.41) is 10.2. The Bertz CT molecular complexity index is 539. The van der Waals surface area contributed by atoms with E-state index in [1.807, 2.05) is 30.3 Å². The number of ketones is 1. The molecule has 2 fully saturated rings. The van der Waals surface area contributed by atoms with Crippen LogP contribution in [0.1, 0.15) is 30.7 Å². The number of aliphatic hydroxyl groups excluding tert-OH is 1. The van der Waals surface area contributed by atoms with E-state index in [0.29, 0.717) is 19.3 Å². The second-order valence-corrected chi connectivity index (χ2v) is 5.74. The number of ether oxygens (including phenoxy) is 1. The van der Waals surface area contributed by atoms with Crippen LogP contribution >= 0.6 is 0 Å². The van der Waals surface area contributed by atoms with Crippen LogP contribution in [-0.2, 0) is 14.3 Å². The summed E-state index contributed by atoms with van der Waals surface area (Å²) < 4.78 is 4.93. The fraction of sp³-hybridized carbons (Fsp3) is 0.500. The van der Waals surface area contributed by atoms with E-state index in [1.165, 1.54) is 7.11 Å². The Hall–Kier alpha value is -1.68. The topological polar surface area (TPSA) is 63.6 Å². The summed E-state index contributed by atoms with van der Waals surface area (Å²) in [6, 6.07) is 9.49. The first kappa shape index (κ1) is 13.3. The number of methoxy groups -OCH3 is 1. The van der Waals surface area contributed by atoms with Crippen molar-refractivity contribution in [2.24, 2.45) is 11.3 Å². The maximum atomic E-state index is 12.6. The lowest BCUT2D eigenvalue weighted by atomic mass is 9.63. The summed E-state index contributed by atoms with van der Waals surface area (Å²) in [5.74, 6) is -1.30. The van der Waals surface area contributed by atoms with E-state index in [1.54, 1.807) is 0 Å². The average molecular weight is 274 g/mol. The lowest BCUT2D eigenvalue weighted by molar-refractivity contribution is -0.162. The van der Waals surface area contributed by atoms with Gasteiger partial charge in [0.15, 0.2) is 5.78 Å². The smallest absolute Gasteiger partial charge is 0.319 e. The van der Waals surface area contributed by atoms with Crippen LogP contribution in [0.2, 0.25) is 0 Å². The molecular weight excluding hydrogens is 256 g/mol. The Morgan fingerprint density at radius 1 is 1.35 bits per heavy atom. The Kier molecular flexibility index (Phi) is 3.13. The zero-order chi connectivity index (χ0) is 14.3. The van der Waals surface area contributed by atoms with Crippen molar-refractivity contribution in [2.75, 3.05) is 7.11 Å². The van der Waals surface area contributed by atoms with Crippen LogP contribution in [0.3, 0.4) is 0 Å². The van der Waals surface area contributed by atoms with Gasteiger partial charge in [0.25, 0.3) is 0 Å². The predicted octanol–water partition coefficient (Wildman–Crippen LogP) is 1.67. The van der Waals surface area contributed by atoms with Gasteiger partial charge in [0.05, 0.1) is 13.2 Å². The summed E-state index contributed by atoms with van der Waals surface area (Å²) in [7, 11) is 1.32. The number of Topliss-reactive ketones (excluding diaryl/α,β-unsaturated/α-hetero) is 1. The second kappa shape index (κ2) is 4.70. The summed E-state index contributed by atoms with van der Waals surface area (Å²) in [5.41, 5.74) is -0.175. The zero-order valence-electron chi connectivity index (χ0n) is 11.4. The molecular formula is C16H18O4. The summed E-state index contributed by atoms with van der Waals surface area (Å²) in [6.07, 6.45) is 0.821. The van der Waals surface area contributed by atoms with E-state index in [0.717, 1.165) is 5.56 Å². The minimum atomic E-state index is -1.10. The highest BCUT2D eigenvalue weighted by atomic mass is 16.5. The molecule has 4 heteroatoms. The number of esters is 1. The van der Waals surface area contributed by atoms with Gasteiger partial charge in [0, 0.05) is 11.8 Å². The fourth-order valence-corrected chi connectivity index (χ4v) is 3.92. The largest absolute Gasteiger partial charge is 0.468 e. The zero-order valence-corrected chi connectivity index (χ0v) is 11.4. The molecule has 0 radical (unpaired) electrons. The van der Waals surface area contributed by atoms with Gasteiger partial charge in [-0.05, 0) is 24.8 Å². The molecule has 1 aromatic rings. The molecule has 0 heterocycles. The summed E-state index contributed by atoms with van der Waals surface area (Å²) in [4.78, 5) is 25.0. The van der Waals surface area contributed by atoms with Crippen molar-refractivity contribution in [3.63, 3.8) is 0 Å². The molecule has 0 aliphatic heterocycles. The monoisotopic (exact) mass is 274 g/mol. The molecule has 2 saturated carbocycles. The van der Waals surface area contributed by atoms with E-state index in [-0.39, 0.29) is 11.7 Å². The van der Waals surface area contributed by atoms with Gasteiger partial charge < -0.3 is 9.84 Å². The van der Waals surface area contributed by atoms with E-state index in [4.69, 9.17) is 4.74 Å². The van der Waals surface area contributed by atoms with Gasteiger partial charge in [-0.25, -0.2) is 0 Å². The molecule has 2 aliphatic carbocycles. The molecule has 2 bridgehead atoms. The lowest BCUT2D eigenvalue weighted by Crippen LogP contribution is -2.50. The normalized spacial score (nSPS) is 35.9. The third-order valence-electron chi connectivity index (χ3n) is 4.91. The van der Waals surface area contributed by atoms with Gasteiger partial charge in [-0.1, -0.05) is 30.3 Å². The Balaban J connectivity index is 2.11. The number of hydrogen-bond donors (Lipinski definition) is 1. The van der Waals surface area contributed by atoms with E-state index in [9.17, 15) is 14.7 Å². The van der Waals surface area contributed by atoms with Gasteiger partial charge in [0.1, 0.15) is 5.41 Å². The first-order chi connectivity index (χ1) is 9.61. The third-order valence-corrected chi connectivity index (χ3v) is 4.91. The van der Waals surface area contributed by atoms with Crippen LogP contribution in [-0.4, -0.2) is 30.1 Å². The van der Waals surface area contributed by atoms with E-state index >= 15 is 0 Å². The van der Waals surface area contributed by atoms with Gasteiger partial charge in [0.2, 0.25) is 0 Å². The van der Waals surface area contributed by atoms with Gasteiger partial charge in [-0.15, -0.1) is 0 Å². The number of carbonyl (C=O) groups is 2. The molecule has 4 nitrogen and oxygen atoms in total. The van der Waals surface area contributed by atoms with Crippen LogP contribution in [0.5, 0.6) is 0 Å². The highest BCUT2D eigenvalue weighted by Gasteiger charge is 2.63. The van der Waals surface area contributed by atoms with Crippen LogP contribution < -0.4 is 0 Å². The number of carbonyl (C=O) groups excluding carboxylic acids is 2. The second-order valence-electron chi connectivity index (χ2n) is 5.74. The molecule has 106 valence electrons. The first-order valence-electron chi connectivity index (χ1n) is 6.97. The molecule has 1 aromatic carbocycles. The Morgan fingerprint density at radius 3 is 2.70 bits per heavy atom. The van der Waals surface area contributed by atoms with Crippen molar-refractivity contribution in [3.05, 3.63) is 35.9 Å².